The van der Waals surface area contributed by atoms with Crippen LogP contribution in [0.3, 0.4) is 0 Å². The van der Waals surface area contributed by atoms with Crippen molar-refractivity contribution in [3.8, 4) is 5.75 Å². The smallest absolute Gasteiger partial charge is 0.341 e. The topological polar surface area (TPSA) is 44.8 Å². The minimum atomic E-state index is -1.30. The summed E-state index contributed by atoms with van der Waals surface area (Å²) in [5.41, 5.74) is 0.295. The van der Waals surface area contributed by atoms with Gasteiger partial charge in [0, 0.05) is 6.61 Å². The van der Waals surface area contributed by atoms with Crippen molar-refractivity contribution in [2.75, 3.05) is 13.2 Å². The number of esters is 1. The number of carbonyl (C=O) groups excluding carboxylic acids is 1. The normalized spacial score (nSPS) is 23.1. The lowest BCUT2D eigenvalue weighted by Crippen LogP contribution is -2.25. The molecular weight excluding hydrogens is 524 g/mol. The molecule has 0 radical (unpaired) electrons. The molecule has 4 nitrogen and oxygen atoms in total. The standard InChI is InChI=1S/C32H40F4O4/c1-3-5-19-39-27-17-16-26(30(35)31(27)36)32(37)40-23-12-8-21(9-13-23)25-15-14-24(28(33)29(25)34)20-6-10-22(11-7-20)38-18-4-2/h14-17,20-23H,3-13,18-19H2,1-2H3. The van der Waals surface area contributed by atoms with Crippen LogP contribution < -0.4 is 4.74 Å². The molecule has 220 valence electrons. The molecule has 0 spiro atoms. The van der Waals surface area contributed by atoms with Gasteiger partial charge < -0.3 is 14.2 Å². The van der Waals surface area contributed by atoms with E-state index in [0.29, 0.717) is 43.2 Å². The number of unbranched alkanes of at least 4 members (excludes halogenated alkanes) is 1. The molecule has 2 aliphatic rings. The van der Waals surface area contributed by atoms with Gasteiger partial charge in [0.25, 0.3) is 0 Å². The maximum Gasteiger partial charge on any atom is 0.341 e. The van der Waals surface area contributed by atoms with Crippen molar-refractivity contribution in [3.63, 3.8) is 0 Å². The number of rotatable bonds is 11. The Bertz CT molecular complexity index is 1140. The SMILES string of the molecule is CCCCOc1ccc(C(=O)OC2CCC(c3ccc(C4CCC(OCCC)CC4)c(F)c3F)CC2)c(F)c1F. The van der Waals surface area contributed by atoms with Crippen molar-refractivity contribution in [2.45, 2.75) is 109 Å². The van der Waals surface area contributed by atoms with Crippen LogP contribution in [-0.2, 0) is 9.47 Å². The minimum Gasteiger partial charge on any atom is -0.490 e. The van der Waals surface area contributed by atoms with Crippen LogP contribution in [0, 0.1) is 23.3 Å². The molecule has 0 saturated heterocycles. The molecule has 0 aliphatic heterocycles. The summed E-state index contributed by atoms with van der Waals surface area (Å²) in [4.78, 5) is 12.6. The first-order valence-corrected chi connectivity index (χ1v) is 14.7. The molecule has 0 unspecified atom stereocenters. The molecular formula is C32H40F4O4. The first kappa shape index (κ1) is 30.4. The molecule has 2 saturated carbocycles. The molecule has 0 N–H and O–H groups in total. The third-order valence-electron chi connectivity index (χ3n) is 8.22. The van der Waals surface area contributed by atoms with E-state index in [9.17, 15) is 13.6 Å². The molecule has 0 amide bonds. The highest BCUT2D eigenvalue weighted by Gasteiger charge is 2.31. The van der Waals surface area contributed by atoms with Crippen molar-refractivity contribution in [1.29, 1.82) is 0 Å². The maximum absolute atomic E-state index is 15.2. The predicted octanol–water partition coefficient (Wildman–Crippen LogP) is 8.76. The van der Waals surface area contributed by atoms with Gasteiger partial charge in [-0.15, -0.1) is 0 Å². The Kier molecular flexibility index (Phi) is 10.9. The highest BCUT2D eigenvalue weighted by Crippen LogP contribution is 2.40. The van der Waals surface area contributed by atoms with E-state index in [2.05, 4.69) is 6.92 Å². The first-order chi connectivity index (χ1) is 19.3. The van der Waals surface area contributed by atoms with Crippen LogP contribution in [0.5, 0.6) is 5.75 Å². The zero-order valence-corrected chi connectivity index (χ0v) is 23.5. The summed E-state index contributed by atoms with van der Waals surface area (Å²) in [5.74, 6) is -5.47. The summed E-state index contributed by atoms with van der Waals surface area (Å²) in [6.07, 6.45) is 7.29. The second-order valence-electron chi connectivity index (χ2n) is 11.0. The molecule has 0 aromatic heterocycles. The molecule has 0 bridgehead atoms. The summed E-state index contributed by atoms with van der Waals surface area (Å²) in [6.45, 7) is 5.00. The van der Waals surface area contributed by atoms with Crippen LogP contribution in [0.15, 0.2) is 24.3 Å². The molecule has 8 heteroatoms. The van der Waals surface area contributed by atoms with Crippen molar-refractivity contribution in [1.82, 2.24) is 0 Å². The van der Waals surface area contributed by atoms with Gasteiger partial charge in [-0.3, -0.25) is 0 Å². The monoisotopic (exact) mass is 564 g/mol. The van der Waals surface area contributed by atoms with Gasteiger partial charge in [-0.25, -0.2) is 18.0 Å². The quantitative estimate of drug-likeness (QED) is 0.156. The van der Waals surface area contributed by atoms with Crippen LogP contribution in [0.2, 0.25) is 0 Å². The number of ether oxygens (including phenoxy) is 3. The molecule has 40 heavy (non-hydrogen) atoms. The molecule has 2 fully saturated rings. The predicted molar refractivity (Wildman–Crippen MR) is 145 cm³/mol. The fourth-order valence-electron chi connectivity index (χ4n) is 5.87. The van der Waals surface area contributed by atoms with Gasteiger partial charge in [0.15, 0.2) is 23.2 Å². The highest BCUT2D eigenvalue weighted by molar-refractivity contribution is 5.90. The van der Waals surface area contributed by atoms with Gasteiger partial charge in [-0.2, -0.15) is 4.39 Å². The van der Waals surface area contributed by atoms with Gasteiger partial charge in [0.05, 0.1) is 18.3 Å². The molecule has 0 heterocycles. The Morgan fingerprint density at radius 3 is 1.82 bits per heavy atom. The van der Waals surface area contributed by atoms with E-state index in [0.717, 1.165) is 51.2 Å². The lowest BCUT2D eigenvalue weighted by atomic mass is 9.79. The van der Waals surface area contributed by atoms with Crippen LogP contribution >= 0.6 is 0 Å². The average Bonchev–Trinajstić information content (AvgIpc) is 2.96. The van der Waals surface area contributed by atoms with E-state index >= 15 is 8.78 Å². The Labute approximate surface area is 234 Å². The Balaban J connectivity index is 1.31. The maximum atomic E-state index is 15.2. The van der Waals surface area contributed by atoms with Crippen LogP contribution in [0.4, 0.5) is 17.6 Å². The van der Waals surface area contributed by atoms with Gasteiger partial charge in [0.2, 0.25) is 5.82 Å². The fraction of sp³-hybridized carbons (Fsp3) is 0.594. The van der Waals surface area contributed by atoms with E-state index in [4.69, 9.17) is 14.2 Å². The lowest BCUT2D eigenvalue weighted by Gasteiger charge is -2.31. The number of carbonyl (C=O) groups is 1. The van der Waals surface area contributed by atoms with E-state index < -0.39 is 40.9 Å². The van der Waals surface area contributed by atoms with Crippen LogP contribution in [0.25, 0.3) is 0 Å². The van der Waals surface area contributed by atoms with Gasteiger partial charge in [-0.05, 0) is 99.3 Å². The molecule has 0 atom stereocenters. The summed E-state index contributed by atoms with van der Waals surface area (Å²) in [7, 11) is 0. The van der Waals surface area contributed by atoms with Gasteiger partial charge in [0.1, 0.15) is 6.10 Å². The average molecular weight is 565 g/mol. The molecule has 2 aliphatic carbocycles. The van der Waals surface area contributed by atoms with E-state index in [1.807, 2.05) is 6.92 Å². The van der Waals surface area contributed by atoms with Crippen LogP contribution in [0.1, 0.15) is 118 Å². The van der Waals surface area contributed by atoms with Crippen molar-refractivity contribution >= 4 is 5.97 Å². The van der Waals surface area contributed by atoms with Crippen LogP contribution in [-0.4, -0.2) is 31.4 Å². The number of hydrogen-bond donors (Lipinski definition) is 0. The Hall–Kier alpha value is -2.61. The fourth-order valence-corrected chi connectivity index (χ4v) is 5.87. The zero-order chi connectivity index (χ0) is 28.6. The third-order valence-corrected chi connectivity index (χ3v) is 8.22. The Morgan fingerprint density at radius 1 is 0.700 bits per heavy atom. The van der Waals surface area contributed by atoms with Crippen molar-refractivity contribution in [3.05, 3.63) is 64.2 Å². The second kappa shape index (κ2) is 14.3. The molecule has 2 aromatic carbocycles. The summed E-state index contributed by atoms with van der Waals surface area (Å²) in [5, 5.41) is 0. The number of hydrogen-bond acceptors (Lipinski definition) is 4. The van der Waals surface area contributed by atoms with Gasteiger partial charge in [-0.1, -0.05) is 32.4 Å². The summed E-state index contributed by atoms with van der Waals surface area (Å²) < 4.78 is 75.8. The third kappa shape index (κ3) is 7.17. The van der Waals surface area contributed by atoms with E-state index in [-0.39, 0.29) is 30.3 Å². The summed E-state index contributed by atoms with van der Waals surface area (Å²) in [6, 6.07) is 5.82. The largest absolute Gasteiger partial charge is 0.490 e. The lowest BCUT2D eigenvalue weighted by molar-refractivity contribution is 0.0187. The zero-order valence-electron chi connectivity index (χ0n) is 23.5. The molecule has 4 rings (SSSR count). The molecule has 2 aromatic rings. The summed E-state index contributed by atoms with van der Waals surface area (Å²) >= 11 is 0. The van der Waals surface area contributed by atoms with Gasteiger partial charge >= 0.3 is 5.97 Å². The van der Waals surface area contributed by atoms with Crippen molar-refractivity contribution < 1.29 is 36.6 Å². The minimum absolute atomic E-state index is 0.0117. The number of benzene rings is 2. The van der Waals surface area contributed by atoms with Crippen molar-refractivity contribution in [2.24, 2.45) is 0 Å². The second-order valence-corrected chi connectivity index (χ2v) is 11.0. The highest BCUT2D eigenvalue weighted by atomic mass is 19.2. The Morgan fingerprint density at radius 2 is 1.27 bits per heavy atom. The van der Waals surface area contributed by atoms with E-state index in [1.54, 1.807) is 12.1 Å². The van der Waals surface area contributed by atoms with E-state index in [1.165, 1.54) is 6.07 Å². The number of halogens is 4. The first-order valence-electron chi connectivity index (χ1n) is 14.7.